The van der Waals surface area contributed by atoms with E-state index in [0.717, 1.165) is 12.5 Å². The molecule has 0 aromatic carbocycles. The van der Waals surface area contributed by atoms with Gasteiger partial charge in [-0.25, -0.2) is 9.50 Å². The summed E-state index contributed by atoms with van der Waals surface area (Å²) >= 11 is 0. The summed E-state index contributed by atoms with van der Waals surface area (Å²) in [5, 5.41) is 3.90. The molecule has 2 atom stereocenters. The van der Waals surface area contributed by atoms with E-state index in [4.69, 9.17) is 4.74 Å². The predicted molar refractivity (Wildman–Crippen MR) is 91.8 cm³/mol. The van der Waals surface area contributed by atoms with E-state index in [0.29, 0.717) is 30.6 Å². The van der Waals surface area contributed by atoms with Gasteiger partial charge >= 0.3 is 6.18 Å². The van der Waals surface area contributed by atoms with E-state index in [1.807, 2.05) is 0 Å². The quantitative estimate of drug-likeness (QED) is 0.715. The summed E-state index contributed by atoms with van der Waals surface area (Å²) in [6, 6.07) is 1.68. The number of nitrogens with zero attached hydrogens (tertiary/aromatic N) is 5. The van der Waals surface area contributed by atoms with Crippen molar-refractivity contribution in [2.45, 2.75) is 44.1 Å². The second-order valence-corrected chi connectivity index (χ2v) is 7.64. The zero-order valence-corrected chi connectivity index (χ0v) is 15.6. The van der Waals surface area contributed by atoms with Gasteiger partial charge in [0.05, 0.1) is 19.1 Å². The minimum absolute atomic E-state index is 0.0485. The van der Waals surface area contributed by atoms with Gasteiger partial charge in [0, 0.05) is 31.3 Å². The molecule has 2 aromatic heterocycles. The lowest BCUT2D eigenvalue weighted by atomic mass is 10.0. The van der Waals surface area contributed by atoms with Crippen LogP contribution in [-0.4, -0.2) is 67.7 Å². The standard InChI is InChI=1S/C18H18F3N5O3/c1-10-7-13(18(19,20)21)26-14(22-10)8-11(23-26)16(28)24-5-3-17-12(24)9-15(27)25(17)4-2-6-29-17/h7-8,12H,2-6,9H2,1H3/t12-,17+/m1/s1. The van der Waals surface area contributed by atoms with Gasteiger partial charge in [0.15, 0.2) is 17.1 Å². The maximum atomic E-state index is 13.4. The summed E-state index contributed by atoms with van der Waals surface area (Å²) in [4.78, 5) is 32.8. The van der Waals surface area contributed by atoms with E-state index in [9.17, 15) is 22.8 Å². The molecule has 0 aliphatic carbocycles. The van der Waals surface area contributed by atoms with Crippen molar-refractivity contribution in [2.75, 3.05) is 19.7 Å². The molecule has 0 bridgehead atoms. The van der Waals surface area contributed by atoms with Crippen LogP contribution in [0.15, 0.2) is 12.1 Å². The number of alkyl halides is 3. The van der Waals surface area contributed by atoms with Gasteiger partial charge in [0.1, 0.15) is 5.69 Å². The zero-order valence-electron chi connectivity index (χ0n) is 15.6. The number of fused-ring (bicyclic) bond motifs is 1. The first-order chi connectivity index (χ1) is 13.7. The molecule has 0 saturated carbocycles. The second kappa shape index (κ2) is 5.91. The van der Waals surface area contributed by atoms with Crippen molar-refractivity contribution in [3.05, 3.63) is 29.2 Å². The number of halogens is 3. The van der Waals surface area contributed by atoms with Gasteiger partial charge in [0.25, 0.3) is 5.91 Å². The molecule has 154 valence electrons. The Bertz CT molecular complexity index is 1040. The van der Waals surface area contributed by atoms with Crippen LogP contribution in [0.4, 0.5) is 13.2 Å². The Morgan fingerprint density at radius 2 is 2.10 bits per heavy atom. The molecule has 3 aliphatic heterocycles. The molecule has 3 fully saturated rings. The molecule has 1 spiro atoms. The van der Waals surface area contributed by atoms with E-state index in [1.165, 1.54) is 17.9 Å². The van der Waals surface area contributed by atoms with Crippen molar-refractivity contribution >= 4 is 17.5 Å². The summed E-state index contributed by atoms with van der Waals surface area (Å²) in [5.41, 5.74) is -1.82. The van der Waals surface area contributed by atoms with Crippen LogP contribution < -0.4 is 0 Å². The maximum Gasteiger partial charge on any atom is 0.433 e. The number of aromatic nitrogens is 3. The third kappa shape index (κ3) is 2.56. The van der Waals surface area contributed by atoms with Gasteiger partial charge in [-0.2, -0.15) is 18.3 Å². The van der Waals surface area contributed by atoms with Crippen molar-refractivity contribution in [1.29, 1.82) is 0 Å². The summed E-state index contributed by atoms with van der Waals surface area (Å²) in [6.45, 7) is 2.89. The minimum atomic E-state index is -4.63. The van der Waals surface area contributed by atoms with Crippen LogP contribution in [0.3, 0.4) is 0 Å². The Labute approximate surface area is 163 Å². The highest BCUT2D eigenvalue weighted by atomic mass is 19.4. The van der Waals surface area contributed by atoms with Crippen LogP contribution in [0, 0.1) is 6.92 Å². The first kappa shape index (κ1) is 18.3. The monoisotopic (exact) mass is 409 g/mol. The van der Waals surface area contributed by atoms with Crippen LogP contribution in [0.25, 0.3) is 5.65 Å². The Morgan fingerprint density at radius 1 is 1.31 bits per heavy atom. The molecule has 0 radical (unpaired) electrons. The molecule has 5 rings (SSSR count). The molecule has 0 unspecified atom stereocenters. The largest absolute Gasteiger partial charge is 0.433 e. The SMILES string of the molecule is Cc1cc(C(F)(F)F)n2nc(C(=O)N3CC[C@@]45OCCCN4C(=O)C[C@@H]35)cc2n1. The van der Waals surface area contributed by atoms with E-state index >= 15 is 0 Å². The molecular formula is C18H18F3N5O3. The lowest BCUT2D eigenvalue weighted by molar-refractivity contribution is -0.179. The maximum absolute atomic E-state index is 13.4. The van der Waals surface area contributed by atoms with Crippen LogP contribution in [-0.2, 0) is 15.7 Å². The van der Waals surface area contributed by atoms with Crippen molar-refractivity contribution in [3.8, 4) is 0 Å². The van der Waals surface area contributed by atoms with Crippen LogP contribution >= 0.6 is 0 Å². The highest BCUT2D eigenvalue weighted by molar-refractivity contribution is 5.95. The number of aryl methyl sites for hydroxylation is 1. The van der Waals surface area contributed by atoms with Gasteiger partial charge in [-0.3, -0.25) is 9.59 Å². The fourth-order valence-corrected chi connectivity index (χ4v) is 4.75. The van der Waals surface area contributed by atoms with Crippen molar-refractivity contribution in [2.24, 2.45) is 0 Å². The third-order valence-corrected chi connectivity index (χ3v) is 5.94. The van der Waals surface area contributed by atoms with Gasteiger partial charge in [0.2, 0.25) is 5.91 Å². The number of carbonyl (C=O) groups is 2. The second-order valence-electron chi connectivity index (χ2n) is 7.64. The highest BCUT2D eigenvalue weighted by Gasteiger charge is 2.61. The molecule has 0 N–H and O–H groups in total. The summed E-state index contributed by atoms with van der Waals surface area (Å²) in [7, 11) is 0. The summed E-state index contributed by atoms with van der Waals surface area (Å²) < 4.78 is 46.7. The Hall–Kier alpha value is -2.69. The van der Waals surface area contributed by atoms with E-state index in [-0.39, 0.29) is 29.4 Å². The fourth-order valence-electron chi connectivity index (χ4n) is 4.75. The van der Waals surface area contributed by atoms with E-state index in [1.54, 1.807) is 4.90 Å². The lowest BCUT2D eigenvalue weighted by Crippen LogP contribution is -2.56. The van der Waals surface area contributed by atoms with Crippen molar-refractivity contribution < 1.29 is 27.5 Å². The Kier molecular flexibility index (Phi) is 3.74. The minimum Gasteiger partial charge on any atom is -0.353 e. The first-order valence-electron chi connectivity index (χ1n) is 9.41. The number of hydrogen-bond donors (Lipinski definition) is 0. The van der Waals surface area contributed by atoms with Gasteiger partial charge in [-0.15, -0.1) is 0 Å². The normalized spacial score (nSPS) is 26.9. The predicted octanol–water partition coefficient (Wildman–Crippen LogP) is 1.62. The van der Waals surface area contributed by atoms with E-state index < -0.39 is 29.5 Å². The Balaban J connectivity index is 1.52. The van der Waals surface area contributed by atoms with Crippen LogP contribution in [0.5, 0.6) is 0 Å². The smallest absolute Gasteiger partial charge is 0.353 e. The summed E-state index contributed by atoms with van der Waals surface area (Å²) in [6.07, 6.45) is -3.27. The third-order valence-electron chi connectivity index (χ3n) is 5.94. The molecule has 29 heavy (non-hydrogen) atoms. The average molecular weight is 409 g/mol. The molecule has 11 heteroatoms. The van der Waals surface area contributed by atoms with E-state index in [2.05, 4.69) is 10.1 Å². The van der Waals surface area contributed by atoms with Gasteiger partial charge in [-0.1, -0.05) is 0 Å². The van der Waals surface area contributed by atoms with Gasteiger partial charge < -0.3 is 14.5 Å². The number of likely N-dealkylation sites (tertiary alicyclic amines) is 1. The summed E-state index contributed by atoms with van der Waals surface area (Å²) in [5.74, 6) is -0.592. The van der Waals surface area contributed by atoms with Crippen molar-refractivity contribution in [3.63, 3.8) is 0 Å². The van der Waals surface area contributed by atoms with Crippen LogP contribution in [0.2, 0.25) is 0 Å². The molecular weight excluding hydrogens is 391 g/mol. The fraction of sp³-hybridized carbons (Fsp3) is 0.556. The zero-order chi connectivity index (χ0) is 20.6. The number of hydrogen-bond acceptors (Lipinski definition) is 5. The average Bonchev–Trinajstić information content (AvgIpc) is 3.30. The molecule has 5 heterocycles. The molecule has 8 nitrogen and oxygen atoms in total. The molecule has 3 aliphatic rings. The van der Waals surface area contributed by atoms with Crippen LogP contribution in [0.1, 0.15) is 41.1 Å². The van der Waals surface area contributed by atoms with Crippen molar-refractivity contribution in [1.82, 2.24) is 24.4 Å². The number of ether oxygens (including phenoxy) is 1. The van der Waals surface area contributed by atoms with Gasteiger partial charge in [-0.05, 0) is 19.4 Å². The number of rotatable bonds is 1. The molecule has 3 saturated heterocycles. The molecule has 2 aromatic rings. The molecule has 2 amide bonds. The highest BCUT2D eigenvalue weighted by Crippen LogP contribution is 2.45. The number of carbonyl (C=O) groups excluding carboxylic acids is 2. The topological polar surface area (TPSA) is 80.0 Å². The Morgan fingerprint density at radius 3 is 2.86 bits per heavy atom. The lowest BCUT2D eigenvalue weighted by Gasteiger charge is -2.42. The first-order valence-corrected chi connectivity index (χ1v) is 9.41. The number of amides is 2.